The third kappa shape index (κ3) is 40.7. The summed E-state index contributed by atoms with van der Waals surface area (Å²) in [6.45, 7) is 7.00. The van der Waals surface area contributed by atoms with Gasteiger partial charge in [-0.05, 0) is 12.8 Å². The van der Waals surface area contributed by atoms with Gasteiger partial charge in [-0.3, -0.25) is 0 Å². The molecule has 0 unspecified atom stereocenters. The van der Waals surface area contributed by atoms with Gasteiger partial charge in [0, 0.05) is 0 Å². The molecule has 0 saturated heterocycles. The molecule has 0 bridgehead atoms. The molecule has 0 heterocycles. The molecule has 0 fully saturated rings. The van der Waals surface area contributed by atoms with Gasteiger partial charge in [-0.15, -0.1) is 0 Å². The summed E-state index contributed by atoms with van der Waals surface area (Å²) in [5, 5.41) is 0. The summed E-state index contributed by atoms with van der Waals surface area (Å²) in [7, 11) is -1.20. The van der Waals surface area contributed by atoms with Crippen LogP contribution in [0.1, 0.15) is 278 Å². The summed E-state index contributed by atoms with van der Waals surface area (Å²) in [6, 6.07) is 6.63. The smallest absolute Gasteiger partial charge is 0.0837 e. The zero-order valence-corrected chi connectivity index (χ0v) is 39.5. The summed E-state index contributed by atoms with van der Waals surface area (Å²) < 4.78 is -1.06. The van der Waals surface area contributed by atoms with Crippen LogP contribution in [-0.4, -0.2) is 11.9 Å². The zero-order valence-electron chi connectivity index (χ0n) is 36.2. The number of alkyl halides is 3. The van der Waals surface area contributed by atoms with Crippen LogP contribution in [0.5, 0.6) is 0 Å². The fraction of sp³-hybridized carbons (Fsp3) is 1.00. The summed E-state index contributed by atoms with van der Waals surface area (Å²) >= 11 is 17.8. The van der Waals surface area contributed by atoms with Crippen LogP contribution in [0.3, 0.4) is 0 Å². The van der Waals surface area contributed by atoms with Crippen LogP contribution >= 0.6 is 34.8 Å². The Bertz CT molecular complexity index is 603. The Morgan fingerprint density at radius 1 is 0.250 bits per heavy atom. The minimum atomic E-state index is -1.20. The molecule has 0 nitrogen and oxygen atoms in total. The van der Waals surface area contributed by atoms with E-state index >= 15 is 0 Å². The first kappa shape index (κ1) is 53.1. The highest BCUT2D eigenvalue weighted by atomic mass is 35.6. The van der Waals surface area contributed by atoms with Gasteiger partial charge in [0.05, 0.1) is 8.07 Å². The summed E-state index contributed by atoms with van der Waals surface area (Å²) in [6.07, 6.45) is 57.2. The Balaban J connectivity index is 4.90. The van der Waals surface area contributed by atoms with E-state index < -0.39 is 11.9 Å². The minimum absolute atomic E-state index is 0.695. The van der Waals surface area contributed by atoms with Crippen LogP contribution in [0.4, 0.5) is 0 Å². The average Bonchev–Trinajstić information content (AvgIpc) is 3.12. The SMILES string of the molecule is CCCCCCCCCCCC[Si](CCCCCCCCCCCC)(CCCCCCCCCCCC)CCCCCCCCCCCC(Cl)(Cl)Cl. The van der Waals surface area contributed by atoms with Gasteiger partial charge in [0.1, 0.15) is 0 Å². The van der Waals surface area contributed by atoms with E-state index in [4.69, 9.17) is 34.8 Å². The first-order chi connectivity index (χ1) is 25.4. The molecule has 4 heteroatoms. The van der Waals surface area contributed by atoms with Crippen molar-refractivity contribution in [2.24, 2.45) is 0 Å². The zero-order chi connectivity index (χ0) is 38.1. The van der Waals surface area contributed by atoms with Crippen molar-refractivity contribution in [3.05, 3.63) is 0 Å². The predicted molar refractivity (Wildman–Crippen MR) is 247 cm³/mol. The standard InChI is InChI=1S/C48H97Cl3Si/c1-4-7-10-13-16-19-24-29-34-39-44-52(45-40-35-30-25-20-17-14-11-8-5-2,46-41-36-31-26-21-18-15-12-9-6-3)47-42-37-32-27-22-23-28-33-38-43-48(49,50)51/h4-47H2,1-3H3. The van der Waals surface area contributed by atoms with Crippen molar-refractivity contribution in [3.8, 4) is 0 Å². The Kier molecular flexibility index (Phi) is 42.6. The van der Waals surface area contributed by atoms with Gasteiger partial charge in [-0.1, -0.05) is 324 Å². The van der Waals surface area contributed by atoms with Crippen LogP contribution in [0.2, 0.25) is 24.2 Å². The molecule has 0 rings (SSSR count). The van der Waals surface area contributed by atoms with E-state index in [-0.39, 0.29) is 0 Å². The Morgan fingerprint density at radius 2 is 0.423 bits per heavy atom. The molecular weight excluding hydrogens is 711 g/mol. The lowest BCUT2D eigenvalue weighted by atomic mass is 10.1. The first-order valence-corrected chi connectivity index (χ1v) is 28.4. The van der Waals surface area contributed by atoms with Gasteiger partial charge in [0.25, 0.3) is 0 Å². The van der Waals surface area contributed by atoms with Crippen LogP contribution < -0.4 is 0 Å². The van der Waals surface area contributed by atoms with E-state index in [9.17, 15) is 0 Å². The monoisotopic (exact) mass is 807 g/mol. The number of rotatable bonds is 44. The van der Waals surface area contributed by atoms with E-state index in [1.165, 1.54) is 225 Å². The second-order valence-corrected chi connectivity index (χ2v) is 25.1. The highest BCUT2D eigenvalue weighted by Gasteiger charge is 2.30. The highest BCUT2D eigenvalue weighted by molar-refractivity contribution is 6.79. The molecule has 0 aliphatic rings. The molecular formula is C48H97Cl3Si. The van der Waals surface area contributed by atoms with Gasteiger partial charge in [-0.2, -0.15) is 0 Å². The summed E-state index contributed by atoms with van der Waals surface area (Å²) in [5.74, 6) is 0. The summed E-state index contributed by atoms with van der Waals surface area (Å²) in [4.78, 5) is 0. The average molecular weight is 809 g/mol. The molecule has 0 aromatic heterocycles. The molecule has 52 heavy (non-hydrogen) atoms. The van der Waals surface area contributed by atoms with Gasteiger partial charge < -0.3 is 0 Å². The number of unbranched alkanes of at least 4 members (excludes halogenated alkanes) is 35. The van der Waals surface area contributed by atoms with Crippen molar-refractivity contribution >= 4 is 42.9 Å². The van der Waals surface area contributed by atoms with E-state index in [0.29, 0.717) is 6.42 Å². The summed E-state index contributed by atoms with van der Waals surface area (Å²) in [5.41, 5.74) is 0. The molecule has 0 aromatic carbocycles. The molecule has 0 N–H and O–H groups in total. The van der Waals surface area contributed by atoms with E-state index in [1.807, 2.05) is 0 Å². The van der Waals surface area contributed by atoms with Crippen molar-refractivity contribution in [2.75, 3.05) is 0 Å². The van der Waals surface area contributed by atoms with Gasteiger partial charge in [-0.25, -0.2) is 0 Å². The Labute approximate surface area is 346 Å². The normalized spacial score (nSPS) is 12.3. The molecule has 0 saturated carbocycles. The van der Waals surface area contributed by atoms with Crippen molar-refractivity contribution in [1.82, 2.24) is 0 Å². The lowest BCUT2D eigenvalue weighted by Crippen LogP contribution is -2.34. The molecule has 314 valence electrons. The highest BCUT2D eigenvalue weighted by Crippen LogP contribution is 2.36. The minimum Gasteiger partial charge on any atom is -0.0837 e. The number of hydrogen-bond acceptors (Lipinski definition) is 0. The maximum atomic E-state index is 5.92. The van der Waals surface area contributed by atoms with Crippen LogP contribution in [0.25, 0.3) is 0 Å². The van der Waals surface area contributed by atoms with Crippen molar-refractivity contribution in [2.45, 2.75) is 306 Å². The molecule has 0 aliphatic heterocycles. The van der Waals surface area contributed by atoms with E-state index in [0.717, 1.165) is 6.42 Å². The Morgan fingerprint density at radius 3 is 0.615 bits per heavy atom. The third-order valence-corrected chi connectivity index (χ3v) is 18.6. The van der Waals surface area contributed by atoms with Gasteiger partial charge >= 0.3 is 0 Å². The molecule has 0 aliphatic carbocycles. The maximum absolute atomic E-state index is 5.92. The quantitative estimate of drug-likeness (QED) is 0.0327. The van der Waals surface area contributed by atoms with Gasteiger partial charge in [0.2, 0.25) is 0 Å². The van der Waals surface area contributed by atoms with Crippen LogP contribution in [-0.2, 0) is 0 Å². The van der Waals surface area contributed by atoms with E-state index in [2.05, 4.69) is 20.8 Å². The van der Waals surface area contributed by atoms with Gasteiger partial charge in [0.15, 0.2) is 3.79 Å². The Hall–Kier alpha value is 1.09. The second-order valence-electron chi connectivity index (χ2n) is 17.6. The fourth-order valence-electron chi connectivity index (χ4n) is 8.78. The topological polar surface area (TPSA) is 0 Å². The molecule has 0 aromatic rings. The molecule has 0 amide bonds. The molecule has 0 spiro atoms. The van der Waals surface area contributed by atoms with Crippen LogP contribution in [0.15, 0.2) is 0 Å². The third-order valence-electron chi connectivity index (χ3n) is 12.3. The lowest BCUT2D eigenvalue weighted by Gasteiger charge is -2.33. The van der Waals surface area contributed by atoms with Crippen molar-refractivity contribution in [3.63, 3.8) is 0 Å². The van der Waals surface area contributed by atoms with Crippen molar-refractivity contribution in [1.29, 1.82) is 0 Å². The largest absolute Gasteiger partial charge is 0.190 e. The second kappa shape index (κ2) is 41.7. The fourth-order valence-corrected chi connectivity index (χ4v) is 14.7. The molecule has 0 atom stereocenters. The lowest BCUT2D eigenvalue weighted by molar-refractivity contribution is 0.551. The number of halogens is 3. The predicted octanol–water partition coefficient (Wildman–Crippen LogP) is 20.5. The molecule has 0 radical (unpaired) electrons. The van der Waals surface area contributed by atoms with E-state index in [1.54, 1.807) is 43.4 Å². The van der Waals surface area contributed by atoms with Crippen LogP contribution in [0, 0.1) is 0 Å². The maximum Gasteiger partial charge on any atom is 0.190 e. The first-order valence-electron chi connectivity index (χ1n) is 24.5. The van der Waals surface area contributed by atoms with Crippen molar-refractivity contribution < 1.29 is 0 Å². The number of hydrogen-bond donors (Lipinski definition) is 0.